The average Bonchev–Trinajstić information content (AvgIpc) is 2.61. The van der Waals surface area contributed by atoms with Gasteiger partial charge >= 0.3 is 0 Å². The van der Waals surface area contributed by atoms with E-state index in [9.17, 15) is 13.2 Å². The molecule has 26 heavy (non-hydrogen) atoms. The van der Waals surface area contributed by atoms with Crippen LogP contribution in [0.15, 0.2) is 48.5 Å². The summed E-state index contributed by atoms with van der Waals surface area (Å²) < 4.78 is 26.0. The number of rotatable bonds is 4. The first-order valence-electron chi connectivity index (χ1n) is 8.47. The van der Waals surface area contributed by atoms with Crippen LogP contribution in [0.2, 0.25) is 5.02 Å². The van der Waals surface area contributed by atoms with Crippen molar-refractivity contribution in [2.24, 2.45) is 0 Å². The molecule has 138 valence electrons. The van der Waals surface area contributed by atoms with Crippen LogP contribution in [0.3, 0.4) is 0 Å². The Morgan fingerprint density at radius 1 is 1.15 bits per heavy atom. The maximum Gasteiger partial charge on any atom is 0.253 e. The zero-order valence-corrected chi connectivity index (χ0v) is 16.1. The number of hydrogen-bond acceptors (Lipinski definition) is 3. The number of amides is 1. The fourth-order valence-electron chi connectivity index (χ4n) is 3.07. The summed E-state index contributed by atoms with van der Waals surface area (Å²) >= 11 is 5.99. The number of anilines is 1. The number of benzene rings is 2. The number of sulfonamides is 1. The monoisotopic (exact) mass is 392 g/mol. The van der Waals surface area contributed by atoms with Crippen LogP contribution in [0.1, 0.15) is 28.8 Å². The summed E-state index contributed by atoms with van der Waals surface area (Å²) in [6, 6.07) is 14.2. The molecule has 2 aromatic carbocycles. The van der Waals surface area contributed by atoms with Crippen LogP contribution >= 0.6 is 11.6 Å². The summed E-state index contributed by atoms with van der Waals surface area (Å²) in [5.74, 6) is -0.0129. The van der Waals surface area contributed by atoms with Crippen molar-refractivity contribution in [1.29, 1.82) is 0 Å². The molecule has 0 saturated carbocycles. The lowest BCUT2D eigenvalue weighted by Gasteiger charge is -2.28. The van der Waals surface area contributed by atoms with Crippen LogP contribution in [0.4, 0.5) is 5.69 Å². The zero-order chi connectivity index (χ0) is 18.7. The molecule has 7 heteroatoms. The molecule has 1 heterocycles. The van der Waals surface area contributed by atoms with Crippen molar-refractivity contribution in [1.82, 2.24) is 4.90 Å². The predicted octanol–water partition coefficient (Wildman–Crippen LogP) is 3.54. The highest BCUT2D eigenvalue weighted by Crippen LogP contribution is 2.25. The normalized spacial score (nSPS) is 16.3. The summed E-state index contributed by atoms with van der Waals surface area (Å²) in [6.45, 7) is 0.879. The molecular formula is C19H21ClN2O3S. The Bertz CT molecular complexity index is 915. The van der Waals surface area contributed by atoms with Gasteiger partial charge in [-0.15, -0.1) is 0 Å². The van der Waals surface area contributed by atoms with Crippen molar-refractivity contribution in [2.75, 3.05) is 23.7 Å². The minimum Gasteiger partial charge on any atom is -0.337 e. The van der Waals surface area contributed by atoms with E-state index < -0.39 is 10.0 Å². The summed E-state index contributed by atoms with van der Waals surface area (Å²) in [5, 5.41) is 0.626. The van der Waals surface area contributed by atoms with Gasteiger partial charge in [-0.25, -0.2) is 8.42 Å². The summed E-state index contributed by atoms with van der Waals surface area (Å²) in [4.78, 5) is 14.3. The first-order chi connectivity index (χ1) is 12.4. The topological polar surface area (TPSA) is 57.7 Å². The summed E-state index contributed by atoms with van der Waals surface area (Å²) in [6.07, 6.45) is 1.51. The number of nitrogens with zero attached hydrogens (tertiary/aromatic N) is 2. The van der Waals surface area contributed by atoms with Gasteiger partial charge in [-0.3, -0.25) is 9.10 Å². The molecule has 3 rings (SSSR count). The van der Waals surface area contributed by atoms with Gasteiger partial charge in [0.1, 0.15) is 0 Å². The van der Waals surface area contributed by atoms with E-state index in [1.807, 2.05) is 18.2 Å². The molecule has 0 aliphatic carbocycles. The van der Waals surface area contributed by atoms with Crippen LogP contribution in [0.5, 0.6) is 0 Å². The number of hydrogen-bond donors (Lipinski definition) is 0. The second kappa shape index (κ2) is 7.68. The molecule has 1 aliphatic heterocycles. The smallest absolute Gasteiger partial charge is 0.253 e. The van der Waals surface area contributed by atoms with Crippen LogP contribution in [-0.2, 0) is 16.6 Å². The summed E-state index contributed by atoms with van der Waals surface area (Å²) in [5.41, 5.74) is 1.95. The molecule has 0 spiro atoms. The molecule has 0 unspecified atom stereocenters. The molecular weight excluding hydrogens is 372 g/mol. The fraction of sp³-hybridized carbons (Fsp3) is 0.316. The second-order valence-corrected chi connectivity index (χ2v) is 8.89. The van der Waals surface area contributed by atoms with E-state index in [0.717, 1.165) is 12.0 Å². The van der Waals surface area contributed by atoms with E-state index in [4.69, 9.17) is 11.6 Å². The Morgan fingerprint density at radius 3 is 2.65 bits per heavy atom. The van der Waals surface area contributed by atoms with E-state index in [-0.39, 0.29) is 11.7 Å². The molecule has 2 aromatic rings. The van der Waals surface area contributed by atoms with Crippen LogP contribution in [0.25, 0.3) is 0 Å². The van der Waals surface area contributed by atoms with Crippen LogP contribution in [-0.4, -0.2) is 38.6 Å². The quantitative estimate of drug-likeness (QED) is 0.799. The molecule has 0 aromatic heterocycles. The van der Waals surface area contributed by atoms with Crippen LogP contribution < -0.4 is 4.31 Å². The van der Waals surface area contributed by atoms with Crippen molar-refractivity contribution in [3.8, 4) is 0 Å². The van der Waals surface area contributed by atoms with Gasteiger partial charge in [0, 0.05) is 30.7 Å². The van der Waals surface area contributed by atoms with Crippen LogP contribution in [0, 0.1) is 0 Å². The highest BCUT2D eigenvalue weighted by molar-refractivity contribution is 7.92. The van der Waals surface area contributed by atoms with E-state index in [1.54, 1.807) is 42.3 Å². The van der Waals surface area contributed by atoms with Gasteiger partial charge in [-0.2, -0.15) is 0 Å². The van der Waals surface area contributed by atoms with Crippen molar-refractivity contribution in [3.05, 3.63) is 64.7 Å². The Kier molecular flexibility index (Phi) is 5.53. The summed E-state index contributed by atoms with van der Waals surface area (Å²) in [7, 11) is -1.58. The third-order valence-electron chi connectivity index (χ3n) is 4.39. The lowest BCUT2D eigenvalue weighted by Crippen LogP contribution is -2.38. The maximum absolute atomic E-state index is 12.8. The van der Waals surface area contributed by atoms with E-state index in [1.165, 1.54) is 4.31 Å². The minimum atomic E-state index is -3.30. The Balaban J connectivity index is 1.79. The van der Waals surface area contributed by atoms with Gasteiger partial charge in [0.15, 0.2) is 0 Å². The van der Waals surface area contributed by atoms with Gasteiger partial charge in [0.05, 0.1) is 11.4 Å². The molecule has 0 N–H and O–H groups in total. The average molecular weight is 393 g/mol. The first-order valence-corrected chi connectivity index (χ1v) is 10.5. The molecule has 5 nitrogen and oxygen atoms in total. The number of carbonyl (C=O) groups is 1. The van der Waals surface area contributed by atoms with Crippen molar-refractivity contribution >= 4 is 33.2 Å². The van der Waals surface area contributed by atoms with Gasteiger partial charge in [0.2, 0.25) is 10.0 Å². The zero-order valence-electron chi connectivity index (χ0n) is 14.6. The molecule has 1 saturated heterocycles. The van der Waals surface area contributed by atoms with E-state index in [2.05, 4.69) is 0 Å². The van der Waals surface area contributed by atoms with Crippen molar-refractivity contribution in [2.45, 2.75) is 19.4 Å². The third-order valence-corrected chi connectivity index (χ3v) is 6.49. The Hall–Kier alpha value is -2.05. The van der Waals surface area contributed by atoms with Gasteiger partial charge in [0.25, 0.3) is 5.91 Å². The van der Waals surface area contributed by atoms with Crippen molar-refractivity contribution in [3.63, 3.8) is 0 Å². The first kappa shape index (κ1) is 18.7. The SMILES string of the molecule is CN(Cc1cccc(Cl)c1)C(=O)c1cccc(N2CCCCS2(=O)=O)c1. The van der Waals surface area contributed by atoms with E-state index >= 15 is 0 Å². The Morgan fingerprint density at radius 2 is 1.92 bits per heavy atom. The molecule has 1 aliphatic rings. The predicted molar refractivity (Wildman–Crippen MR) is 104 cm³/mol. The van der Waals surface area contributed by atoms with Crippen molar-refractivity contribution < 1.29 is 13.2 Å². The maximum atomic E-state index is 12.8. The molecule has 1 amide bonds. The van der Waals surface area contributed by atoms with Gasteiger partial charge < -0.3 is 4.90 Å². The van der Waals surface area contributed by atoms with Gasteiger partial charge in [-0.1, -0.05) is 29.8 Å². The minimum absolute atomic E-state index is 0.153. The standard InChI is InChI=1S/C19H21ClN2O3S/c1-21(14-15-6-4-8-17(20)12-15)19(23)16-7-5-9-18(13-16)22-10-2-3-11-26(22,24)25/h4-9,12-13H,2-3,10-11,14H2,1H3. The molecule has 0 radical (unpaired) electrons. The lowest BCUT2D eigenvalue weighted by atomic mass is 10.1. The Labute approximate surface area is 159 Å². The number of halogens is 1. The number of carbonyl (C=O) groups excluding carboxylic acids is 1. The highest BCUT2D eigenvalue weighted by Gasteiger charge is 2.26. The molecule has 0 atom stereocenters. The largest absolute Gasteiger partial charge is 0.337 e. The highest BCUT2D eigenvalue weighted by atomic mass is 35.5. The molecule has 0 bridgehead atoms. The second-order valence-electron chi connectivity index (χ2n) is 6.44. The third kappa shape index (κ3) is 4.19. The van der Waals surface area contributed by atoms with E-state index in [0.29, 0.717) is 35.8 Å². The molecule has 1 fully saturated rings. The lowest BCUT2D eigenvalue weighted by molar-refractivity contribution is 0.0785. The van der Waals surface area contributed by atoms with Gasteiger partial charge in [-0.05, 0) is 48.7 Å². The fourth-order valence-corrected chi connectivity index (χ4v) is 4.92.